The van der Waals surface area contributed by atoms with Crippen molar-refractivity contribution in [1.82, 2.24) is 4.72 Å². The molecule has 0 fully saturated rings. The maximum Gasteiger partial charge on any atom is 0.229 e. The second-order valence-corrected chi connectivity index (χ2v) is 2.48. The molecule has 2 nitrogen and oxygen atoms in total. The Morgan fingerprint density at radius 2 is 2.33 bits per heavy atom. The zero-order valence-electron chi connectivity index (χ0n) is 5.85. The van der Waals surface area contributed by atoms with Crippen molar-refractivity contribution in [3.63, 3.8) is 0 Å². The predicted molar refractivity (Wildman–Crippen MR) is 41.2 cm³/mol. The van der Waals surface area contributed by atoms with Crippen molar-refractivity contribution in [2.45, 2.75) is 26.7 Å². The lowest BCUT2D eigenvalue weighted by atomic mass is 10.1. The summed E-state index contributed by atoms with van der Waals surface area (Å²) in [4.78, 5) is 10.6. The van der Waals surface area contributed by atoms with Gasteiger partial charge in [0.25, 0.3) is 0 Å². The Kier molecular flexibility index (Phi) is 4.58. The van der Waals surface area contributed by atoms with Crippen LogP contribution in [0.1, 0.15) is 26.7 Å². The summed E-state index contributed by atoms with van der Waals surface area (Å²) in [6, 6.07) is 0. The van der Waals surface area contributed by atoms with Crippen LogP contribution in [-0.2, 0) is 4.79 Å². The van der Waals surface area contributed by atoms with Crippen molar-refractivity contribution in [3.8, 4) is 0 Å². The van der Waals surface area contributed by atoms with Crippen LogP contribution in [0, 0.1) is 5.92 Å². The Morgan fingerprint density at radius 1 is 1.78 bits per heavy atom. The molecule has 1 atom stereocenters. The molecule has 1 N–H and O–H groups in total. The highest BCUT2D eigenvalue weighted by atomic mass is 32.1. The van der Waals surface area contributed by atoms with Gasteiger partial charge in [-0.1, -0.05) is 33.1 Å². The van der Waals surface area contributed by atoms with Gasteiger partial charge >= 0.3 is 0 Å². The van der Waals surface area contributed by atoms with Crippen LogP contribution in [0.4, 0.5) is 0 Å². The Hall–Kier alpha value is -0.180. The summed E-state index contributed by atoms with van der Waals surface area (Å²) >= 11 is 3.63. The molecule has 9 heavy (non-hydrogen) atoms. The first-order chi connectivity index (χ1) is 4.20. The largest absolute Gasteiger partial charge is 0.303 e. The SMILES string of the molecule is CCC(C)CC(=O)NS. The first-order valence-electron chi connectivity index (χ1n) is 3.13. The van der Waals surface area contributed by atoms with E-state index in [1.807, 2.05) is 6.92 Å². The van der Waals surface area contributed by atoms with Crippen molar-refractivity contribution in [2.24, 2.45) is 5.92 Å². The molecule has 54 valence electrons. The van der Waals surface area contributed by atoms with Crippen molar-refractivity contribution >= 4 is 18.7 Å². The minimum Gasteiger partial charge on any atom is -0.303 e. The van der Waals surface area contributed by atoms with Gasteiger partial charge in [-0.3, -0.25) is 4.79 Å². The number of carbonyl (C=O) groups is 1. The topological polar surface area (TPSA) is 29.1 Å². The minimum atomic E-state index is 0.00711. The quantitative estimate of drug-likeness (QED) is 0.580. The number of hydrogen-bond donors (Lipinski definition) is 2. The van der Waals surface area contributed by atoms with Crippen LogP contribution in [0.15, 0.2) is 0 Å². The van der Waals surface area contributed by atoms with Crippen LogP contribution in [0.25, 0.3) is 0 Å². The summed E-state index contributed by atoms with van der Waals surface area (Å²) in [5.41, 5.74) is 0. The number of carbonyl (C=O) groups excluding carboxylic acids is 1. The summed E-state index contributed by atoms with van der Waals surface area (Å²) in [6.07, 6.45) is 1.63. The maximum absolute atomic E-state index is 10.6. The van der Waals surface area contributed by atoms with Crippen LogP contribution in [0.3, 0.4) is 0 Å². The van der Waals surface area contributed by atoms with Crippen LogP contribution < -0.4 is 4.72 Å². The molecule has 0 radical (unpaired) electrons. The average Bonchev–Trinajstić information content (AvgIpc) is 1.87. The molecule has 0 aliphatic rings. The molecule has 0 aromatic heterocycles. The third-order valence-corrected chi connectivity index (χ3v) is 1.60. The summed E-state index contributed by atoms with van der Waals surface area (Å²) < 4.78 is 2.29. The second-order valence-electron chi connectivity index (χ2n) is 2.25. The van der Waals surface area contributed by atoms with E-state index in [-0.39, 0.29) is 5.91 Å². The first-order valence-corrected chi connectivity index (χ1v) is 3.58. The van der Waals surface area contributed by atoms with E-state index in [2.05, 4.69) is 24.5 Å². The number of nitrogens with one attached hydrogen (secondary N) is 1. The number of hydrogen-bond acceptors (Lipinski definition) is 2. The molecule has 0 heterocycles. The zero-order chi connectivity index (χ0) is 7.28. The molecule has 0 rings (SSSR count). The fourth-order valence-electron chi connectivity index (χ4n) is 0.506. The monoisotopic (exact) mass is 147 g/mol. The summed E-state index contributed by atoms with van der Waals surface area (Å²) in [5.74, 6) is 0.477. The molecule has 1 unspecified atom stereocenters. The normalized spacial score (nSPS) is 12.8. The van der Waals surface area contributed by atoms with Gasteiger partial charge in [0.2, 0.25) is 5.91 Å². The molecule has 0 saturated carbocycles. The molecule has 3 heteroatoms. The number of thiol groups is 1. The van der Waals surface area contributed by atoms with Gasteiger partial charge in [-0.15, -0.1) is 0 Å². The van der Waals surface area contributed by atoms with Crippen LogP contribution in [0.2, 0.25) is 0 Å². The highest BCUT2D eigenvalue weighted by Gasteiger charge is 2.03. The van der Waals surface area contributed by atoms with Gasteiger partial charge in [-0.2, -0.15) is 0 Å². The van der Waals surface area contributed by atoms with Gasteiger partial charge in [-0.25, -0.2) is 0 Å². The van der Waals surface area contributed by atoms with Gasteiger partial charge in [0.05, 0.1) is 0 Å². The summed E-state index contributed by atoms with van der Waals surface area (Å²) in [6.45, 7) is 4.11. The average molecular weight is 147 g/mol. The van der Waals surface area contributed by atoms with Crippen LogP contribution in [-0.4, -0.2) is 5.91 Å². The third kappa shape index (κ3) is 4.33. The van der Waals surface area contributed by atoms with E-state index in [1.165, 1.54) is 0 Å². The van der Waals surface area contributed by atoms with Crippen LogP contribution in [0.5, 0.6) is 0 Å². The van der Waals surface area contributed by atoms with E-state index in [0.717, 1.165) is 6.42 Å². The van der Waals surface area contributed by atoms with E-state index in [0.29, 0.717) is 12.3 Å². The van der Waals surface area contributed by atoms with E-state index in [9.17, 15) is 4.79 Å². The van der Waals surface area contributed by atoms with E-state index < -0.39 is 0 Å². The molecular weight excluding hydrogens is 134 g/mol. The maximum atomic E-state index is 10.6. The highest BCUT2D eigenvalue weighted by Crippen LogP contribution is 2.05. The van der Waals surface area contributed by atoms with E-state index in [1.54, 1.807) is 0 Å². The van der Waals surface area contributed by atoms with Gasteiger partial charge < -0.3 is 4.72 Å². The molecule has 0 saturated heterocycles. The van der Waals surface area contributed by atoms with Gasteiger partial charge in [0.15, 0.2) is 0 Å². The van der Waals surface area contributed by atoms with Crippen molar-refractivity contribution in [2.75, 3.05) is 0 Å². The molecule has 0 spiro atoms. The number of amides is 1. The Labute approximate surface area is 61.6 Å². The fraction of sp³-hybridized carbons (Fsp3) is 0.833. The van der Waals surface area contributed by atoms with Gasteiger partial charge in [-0.05, 0) is 5.92 Å². The van der Waals surface area contributed by atoms with Gasteiger partial charge in [0.1, 0.15) is 0 Å². The molecule has 1 amide bonds. The lowest BCUT2D eigenvalue weighted by Crippen LogP contribution is -2.15. The van der Waals surface area contributed by atoms with Gasteiger partial charge in [0, 0.05) is 6.42 Å². The highest BCUT2D eigenvalue weighted by molar-refractivity contribution is 7.78. The molecule has 0 aliphatic heterocycles. The molecular formula is C6H13NOS. The van der Waals surface area contributed by atoms with E-state index in [4.69, 9.17) is 0 Å². The Morgan fingerprint density at radius 3 is 2.67 bits per heavy atom. The molecule has 0 aromatic carbocycles. The van der Waals surface area contributed by atoms with Crippen molar-refractivity contribution in [3.05, 3.63) is 0 Å². The van der Waals surface area contributed by atoms with Crippen molar-refractivity contribution < 1.29 is 4.79 Å². The molecule has 0 aliphatic carbocycles. The second kappa shape index (κ2) is 4.68. The standard InChI is InChI=1S/C6H13NOS/c1-3-5(2)4-6(8)7-9/h5,9H,3-4H2,1-2H3,(H,7,8). The van der Waals surface area contributed by atoms with Crippen LogP contribution >= 0.6 is 12.8 Å². The summed E-state index contributed by atoms with van der Waals surface area (Å²) in [7, 11) is 0. The Bertz CT molecular complexity index is 95.1. The fourth-order valence-corrected chi connectivity index (χ4v) is 0.598. The summed E-state index contributed by atoms with van der Waals surface area (Å²) in [5, 5.41) is 0. The van der Waals surface area contributed by atoms with Crippen molar-refractivity contribution in [1.29, 1.82) is 0 Å². The van der Waals surface area contributed by atoms with E-state index >= 15 is 0 Å². The molecule has 0 aromatic rings. The third-order valence-electron chi connectivity index (χ3n) is 1.36. The first kappa shape index (κ1) is 8.82. The molecule has 0 bridgehead atoms. The smallest absolute Gasteiger partial charge is 0.229 e. The number of rotatable bonds is 3. The Balaban J connectivity index is 3.34. The lowest BCUT2D eigenvalue weighted by molar-refractivity contribution is -0.119. The predicted octanol–water partition coefficient (Wildman–Crippen LogP) is 1.38. The minimum absolute atomic E-state index is 0.00711. The zero-order valence-corrected chi connectivity index (χ0v) is 6.74. The lowest BCUT2D eigenvalue weighted by Gasteiger charge is -2.04.